The summed E-state index contributed by atoms with van der Waals surface area (Å²) in [7, 11) is 0. The van der Waals surface area contributed by atoms with Gasteiger partial charge in [0.15, 0.2) is 0 Å². The standard InChI is InChI=1S/C15H34N2/c1-14(2)13-16-11-9-7-5-6-8-10-12-17-15(3)4/h14-17H,5-13H2,1-4H3. The van der Waals surface area contributed by atoms with Crippen molar-refractivity contribution in [1.29, 1.82) is 0 Å². The van der Waals surface area contributed by atoms with E-state index in [2.05, 4.69) is 38.3 Å². The third kappa shape index (κ3) is 15.9. The van der Waals surface area contributed by atoms with Crippen LogP contribution in [0, 0.1) is 5.92 Å². The van der Waals surface area contributed by atoms with Gasteiger partial charge in [-0.15, -0.1) is 0 Å². The minimum Gasteiger partial charge on any atom is -0.316 e. The number of hydrogen-bond acceptors (Lipinski definition) is 2. The highest BCUT2D eigenvalue weighted by atomic mass is 14.9. The predicted octanol–water partition coefficient (Wildman–Crippen LogP) is 3.57. The number of unbranched alkanes of at least 4 members (excludes halogenated alkanes) is 5. The van der Waals surface area contributed by atoms with Crippen molar-refractivity contribution in [1.82, 2.24) is 10.6 Å². The van der Waals surface area contributed by atoms with E-state index >= 15 is 0 Å². The average Bonchev–Trinajstić information content (AvgIpc) is 2.25. The Morgan fingerprint density at radius 2 is 1.24 bits per heavy atom. The minimum absolute atomic E-state index is 0.641. The SMILES string of the molecule is CC(C)CNCCCCCCCCNC(C)C. The smallest absolute Gasteiger partial charge is 0.00103 e. The molecule has 0 aromatic rings. The Bertz CT molecular complexity index is 128. The van der Waals surface area contributed by atoms with Crippen LogP contribution in [0.25, 0.3) is 0 Å². The van der Waals surface area contributed by atoms with Crippen LogP contribution in [0.5, 0.6) is 0 Å². The van der Waals surface area contributed by atoms with Crippen LogP contribution in [0.4, 0.5) is 0 Å². The van der Waals surface area contributed by atoms with E-state index in [1.807, 2.05) is 0 Å². The highest BCUT2D eigenvalue weighted by Crippen LogP contribution is 2.04. The minimum atomic E-state index is 0.641. The first-order valence-electron chi connectivity index (χ1n) is 7.57. The summed E-state index contributed by atoms with van der Waals surface area (Å²) in [4.78, 5) is 0. The largest absolute Gasteiger partial charge is 0.316 e. The molecule has 0 saturated carbocycles. The quantitative estimate of drug-likeness (QED) is 0.511. The molecule has 0 radical (unpaired) electrons. The van der Waals surface area contributed by atoms with E-state index in [-0.39, 0.29) is 0 Å². The van der Waals surface area contributed by atoms with E-state index in [1.165, 1.54) is 58.2 Å². The lowest BCUT2D eigenvalue weighted by molar-refractivity contribution is 0.511. The molecule has 0 aromatic carbocycles. The topological polar surface area (TPSA) is 24.1 Å². The molecule has 0 amide bonds. The zero-order valence-corrected chi connectivity index (χ0v) is 12.5. The molecule has 0 saturated heterocycles. The van der Waals surface area contributed by atoms with Crippen molar-refractivity contribution in [3.8, 4) is 0 Å². The molecule has 0 bridgehead atoms. The summed E-state index contributed by atoms with van der Waals surface area (Å²) >= 11 is 0. The maximum absolute atomic E-state index is 3.50. The van der Waals surface area contributed by atoms with Gasteiger partial charge in [-0.1, -0.05) is 53.4 Å². The van der Waals surface area contributed by atoms with E-state index < -0.39 is 0 Å². The molecule has 0 rings (SSSR count). The summed E-state index contributed by atoms with van der Waals surface area (Å²) in [6.07, 6.45) is 8.28. The molecule has 0 heterocycles. The number of hydrogen-bond donors (Lipinski definition) is 2. The van der Waals surface area contributed by atoms with E-state index in [1.54, 1.807) is 0 Å². The van der Waals surface area contributed by atoms with Gasteiger partial charge in [-0.05, 0) is 38.4 Å². The fourth-order valence-electron chi connectivity index (χ4n) is 1.86. The zero-order chi connectivity index (χ0) is 12.9. The van der Waals surface area contributed by atoms with Gasteiger partial charge in [0.2, 0.25) is 0 Å². The van der Waals surface area contributed by atoms with Crippen LogP contribution in [-0.4, -0.2) is 25.7 Å². The van der Waals surface area contributed by atoms with Gasteiger partial charge in [-0.2, -0.15) is 0 Å². The molecule has 2 N–H and O–H groups in total. The second-order valence-electron chi connectivity index (χ2n) is 5.83. The molecular formula is C15H34N2. The normalized spacial score (nSPS) is 11.6. The van der Waals surface area contributed by atoms with Crippen molar-refractivity contribution >= 4 is 0 Å². The Balaban J connectivity index is 2.94. The molecule has 104 valence electrons. The molecule has 17 heavy (non-hydrogen) atoms. The molecule has 0 aliphatic rings. The Hall–Kier alpha value is -0.0800. The van der Waals surface area contributed by atoms with E-state index in [9.17, 15) is 0 Å². The Morgan fingerprint density at radius 1 is 0.706 bits per heavy atom. The van der Waals surface area contributed by atoms with Crippen molar-refractivity contribution in [2.24, 2.45) is 5.92 Å². The Labute approximate surface area is 109 Å². The van der Waals surface area contributed by atoms with Crippen LogP contribution in [0.3, 0.4) is 0 Å². The van der Waals surface area contributed by atoms with Gasteiger partial charge < -0.3 is 10.6 Å². The lowest BCUT2D eigenvalue weighted by atomic mass is 10.1. The molecule has 0 unspecified atom stereocenters. The van der Waals surface area contributed by atoms with Crippen LogP contribution in [0.1, 0.15) is 66.2 Å². The van der Waals surface area contributed by atoms with Crippen LogP contribution in [0.2, 0.25) is 0 Å². The maximum atomic E-state index is 3.50. The molecule has 0 spiro atoms. The van der Waals surface area contributed by atoms with Gasteiger partial charge in [0.25, 0.3) is 0 Å². The van der Waals surface area contributed by atoms with Gasteiger partial charge in [0, 0.05) is 6.04 Å². The molecule has 0 aliphatic heterocycles. The third-order valence-corrected chi connectivity index (χ3v) is 2.89. The second kappa shape index (κ2) is 12.4. The summed E-state index contributed by atoms with van der Waals surface area (Å²) in [5, 5.41) is 6.96. The van der Waals surface area contributed by atoms with E-state index in [4.69, 9.17) is 0 Å². The summed E-state index contributed by atoms with van der Waals surface area (Å²) in [6.45, 7) is 12.5. The van der Waals surface area contributed by atoms with Crippen molar-refractivity contribution in [3.05, 3.63) is 0 Å². The number of nitrogens with one attached hydrogen (secondary N) is 2. The summed E-state index contributed by atoms with van der Waals surface area (Å²) in [5.41, 5.74) is 0. The van der Waals surface area contributed by atoms with Gasteiger partial charge in [-0.3, -0.25) is 0 Å². The van der Waals surface area contributed by atoms with Crippen LogP contribution < -0.4 is 10.6 Å². The Kier molecular flexibility index (Phi) is 12.3. The molecule has 0 fully saturated rings. The lowest BCUT2D eigenvalue weighted by Gasteiger charge is -2.08. The molecular weight excluding hydrogens is 208 g/mol. The number of rotatable bonds is 12. The van der Waals surface area contributed by atoms with Crippen LogP contribution >= 0.6 is 0 Å². The summed E-state index contributed by atoms with van der Waals surface area (Å²) < 4.78 is 0. The van der Waals surface area contributed by atoms with Gasteiger partial charge in [0.05, 0.1) is 0 Å². The monoisotopic (exact) mass is 242 g/mol. The van der Waals surface area contributed by atoms with E-state index in [0.717, 1.165) is 5.92 Å². The highest BCUT2D eigenvalue weighted by Gasteiger charge is 1.94. The molecule has 0 aromatic heterocycles. The first-order valence-corrected chi connectivity index (χ1v) is 7.57. The summed E-state index contributed by atoms with van der Waals surface area (Å²) in [5.74, 6) is 0.781. The van der Waals surface area contributed by atoms with E-state index in [0.29, 0.717) is 6.04 Å². The van der Waals surface area contributed by atoms with Crippen molar-refractivity contribution < 1.29 is 0 Å². The fraction of sp³-hybridized carbons (Fsp3) is 1.00. The van der Waals surface area contributed by atoms with Crippen molar-refractivity contribution in [3.63, 3.8) is 0 Å². The predicted molar refractivity (Wildman–Crippen MR) is 78.5 cm³/mol. The van der Waals surface area contributed by atoms with Crippen LogP contribution in [0.15, 0.2) is 0 Å². The van der Waals surface area contributed by atoms with Crippen molar-refractivity contribution in [2.75, 3.05) is 19.6 Å². The van der Waals surface area contributed by atoms with Gasteiger partial charge in [-0.25, -0.2) is 0 Å². The average molecular weight is 242 g/mol. The zero-order valence-electron chi connectivity index (χ0n) is 12.5. The Morgan fingerprint density at radius 3 is 1.76 bits per heavy atom. The molecule has 2 nitrogen and oxygen atoms in total. The molecule has 2 heteroatoms. The molecule has 0 atom stereocenters. The maximum Gasteiger partial charge on any atom is 0.00103 e. The first kappa shape index (κ1) is 16.9. The van der Waals surface area contributed by atoms with Crippen molar-refractivity contribution in [2.45, 2.75) is 72.3 Å². The third-order valence-electron chi connectivity index (χ3n) is 2.89. The first-order chi connectivity index (χ1) is 8.13. The lowest BCUT2D eigenvalue weighted by Crippen LogP contribution is -2.23. The fourth-order valence-corrected chi connectivity index (χ4v) is 1.86. The molecule has 0 aliphatic carbocycles. The van der Waals surface area contributed by atoms with Gasteiger partial charge >= 0.3 is 0 Å². The summed E-state index contributed by atoms with van der Waals surface area (Å²) in [6, 6.07) is 0.641. The van der Waals surface area contributed by atoms with Gasteiger partial charge in [0.1, 0.15) is 0 Å². The van der Waals surface area contributed by atoms with Crippen LogP contribution in [-0.2, 0) is 0 Å². The second-order valence-corrected chi connectivity index (χ2v) is 5.83. The highest BCUT2D eigenvalue weighted by molar-refractivity contribution is 4.54.